The molecule has 1 aromatic heterocycles. The monoisotopic (exact) mass is 1150 g/mol. The minimum absolute atomic E-state index is 0.0140. The van der Waals surface area contributed by atoms with Gasteiger partial charge in [-0.3, -0.25) is 27.7 Å². The van der Waals surface area contributed by atoms with E-state index in [4.69, 9.17) is 0 Å². The Morgan fingerprint density at radius 2 is 0.800 bits per heavy atom. The molecular formula is C41H35N11O17S6. The van der Waals surface area contributed by atoms with Crippen LogP contribution in [0.4, 0.5) is 57.4 Å². The van der Waals surface area contributed by atoms with Gasteiger partial charge in [0.2, 0.25) is 11.9 Å². The molecular weight excluding hydrogens is 1110 g/mol. The Hall–Kier alpha value is -7.93. The highest BCUT2D eigenvalue weighted by molar-refractivity contribution is 7.93. The third kappa shape index (κ3) is 13.8. The van der Waals surface area contributed by atoms with Gasteiger partial charge in [0.25, 0.3) is 60.5 Å². The topological polar surface area (TPSA) is 442 Å². The minimum Gasteiger partial charge on any atom is -0.479 e. The van der Waals surface area contributed by atoms with E-state index in [0.29, 0.717) is 70.3 Å². The van der Waals surface area contributed by atoms with Crippen LogP contribution in [0.15, 0.2) is 171 Å². The minimum atomic E-state index is -5.07. The molecule has 0 spiro atoms. The highest BCUT2D eigenvalue weighted by Gasteiger charge is 2.26. The van der Waals surface area contributed by atoms with E-state index in [-0.39, 0.29) is 23.3 Å². The van der Waals surface area contributed by atoms with Crippen molar-refractivity contribution in [3.63, 3.8) is 0 Å². The Bertz CT molecular complexity index is 3960. The average molecular weight is 1150 g/mol. The Kier molecular flexibility index (Phi) is 15.2. The molecule has 9 N–H and O–H groups in total. The highest BCUT2D eigenvalue weighted by atomic mass is 32.2. The van der Waals surface area contributed by atoms with Crippen LogP contribution in [-0.2, 0) is 60.5 Å². The molecule has 0 fully saturated rings. The van der Waals surface area contributed by atoms with E-state index >= 15 is 0 Å². The predicted molar refractivity (Wildman–Crippen MR) is 265 cm³/mol. The number of aromatic hydroxyl groups is 1. The molecule has 0 saturated carbocycles. The largest absolute Gasteiger partial charge is 0.479 e. The lowest BCUT2D eigenvalue weighted by atomic mass is 10.2. The van der Waals surface area contributed by atoms with Crippen LogP contribution < -0.4 is 20.1 Å². The predicted octanol–water partition coefficient (Wildman–Crippen LogP) is 7.10. The lowest BCUT2D eigenvalue weighted by Crippen LogP contribution is -2.16. The third-order valence-corrected chi connectivity index (χ3v) is 16.1. The van der Waals surface area contributed by atoms with Gasteiger partial charge in [0.1, 0.15) is 9.79 Å². The molecule has 0 unspecified atom stereocenters. The lowest BCUT2D eigenvalue weighted by Gasteiger charge is -2.12. The third-order valence-electron chi connectivity index (χ3n) is 9.87. The fraction of sp³-hybridized carbons (Fsp3) is 0.0488. The zero-order chi connectivity index (χ0) is 54.9. The first-order valence-corrected chi connectivity index (χ1v) is 29.0. The summed E-state index contributed by atoms with van der Waals surface area (Å²) in [6.45, 7) is 3.35. The number of benzene rings is 6. The molecule has 1 heterocycles. The number of nitrogens with zero attached hydrogens (tertiary/aromatic N) is 7. The van der Waals surface area contributed by atoms with E-state index < -0.39 is 107 Å². The SMILES string of the molecule is Cc1cc(Nc2nc(O)nc(Nc3ccc(/N=N/c4cccc(S(=O)(=O)Nc5cc(S(=O)(=O)O)ccc5S(=O)(=O)O)c4)c(C)c3)n2)ccc1/N=N/c1cccc(S(=O)(=O)Nc2cc(S(=O)(=O)O)ccc2S(=O)(=O)O)c1. The Morgan fingerprint density at radius 1 is 0.413 bits per heavy atom. The highest BCUT2D eigenvalue weighted by Crippen LogP contribution is 2.33. The smallest absolute Gasteiger partial charge is 0.320 e. The van der Waals surface area contributed by atoms with Crippen molar-refractivity contribution in [1.29, 1.82) is 0 Å². The molecule has 6 aromatic carbocycles. The Morgan fingerprint density at radius 3 is 1.15 bits per heavy atom. The van der Waals surface area contributed by atoms with Crippen molar-refractivity contribution in [2.45, 2.75) is 43.2 Å². The molecule has 0 radical (unpaired) electrons. The van der Waals surface area contributed by atoms with Gasteiger partial charge in [-0.1, -0.05) is 12.1 Å². The van der Waals surface area contributed by atoms with Crippen molar-refractivity contribution in [2.24, 2.45) is 20.5 Å². The summed E-state index contributed by atoms with van der Waals surface area (Å²) in [5.41, 5.74) is 0.874. The molecule has 0 saturated heterocycles. The van der Waals surface area contributed by atoms with Gasteiger partial charge >= 0.3 is 6.01 Å². The second-order valence-corrected chi connectivity index (χ2v) is 24.3. The maximum Gasteiger partial charge on any atom is 0.320 e. The molecule has 0 bridgehead atoms. The van der Waals surface area contributed by atoms with Crippen LogP contribution in [0, 0.1) is 13.8 Å². The second kappa shape index (κ2) is 20.8. The molecule has 0 aliphatic heterocycles. The van der Waals surface area contributed by atoms with Crippen molar-refractivity contribution in [3.8, 4) is 6.01 Å². The van der Waals surface area contributed by atoms with Crippen LogP contribution in [0.25, 0.3) is 0 Å². The molecule has 392 valence electrons. The second-order valence-electron chi connectivity index (χ2n) is 15.4. The zero-order valence-electron chi connectivity index (χ0n) is 37.8. The molecule has 0 aliphatic carbocycles. The van der Waals surface area contributed by atoms with E-state index in [1.807, 2.05) is 9.44 Å². The fourth-order valence-electron chi connectivity index (χ4n) is 6.43. The van der Waals surface area contributed by atoms with Crippen LogP contribution >= 0.6 is 0 Å². The van der Waals surface area contributed by atoms with Gasteiger partial charge in [0, 0.05) is 11.4 Å². The zero-order valence-corrected chi connectivity index (χ0v) is 42.7. The van der Waals surface area contributed by atoms with Gasteiger partial charge in [0.05, 0.1) is 53.7 Å². The number of azo groups is 2. The van der Waals surface area contributed by atoms with Crippen LogP contribution in [0.2, 0.25) is 0 Å². The number of nitrogens with one attached hydrogen (secondary N) is 4. The van der Waals surface area contributed by atoms with Gasteiger partial charge in [-0.2, -0.15) is 69.1 Å². The molecule has 0 amide bonds. The Labute approximate surface area is 426 Å². The standard InChI is InChI=1S/C41H35N11O17S6/c1-23-17-25(9-13-33(23)49-47-27-5-3-7-29(19-27)70(54,55)51-35-21-31(72(58,59)60)11-15-37(35)74(64,65)66)42-39-44-40(46-41(53)45-39)43-26-10-14-34(24(2)18-26)50-48-28-6-4-8-30(20-28)71(56,57)52-36-22-32(73(61,62)63)12-16-38(36)75(67,68)69/h3-22,51-52H,1-2H3,(H,58,59,60)(H,61,62,63)(H,64,65,66)(H,67,68,69)(H3,42,43,44,45,46,53)/b49-47+,50-48+. The number of hydrogen-bond acceptors (Lipinski definition) is 22. The molecule has 0 aliphatic rings. The van der Waals surface area contributed by atoms with E-state index in [9.17, 15) is 73.8 Å². The summed E-state index contributed by atoms with van der Waals surface area (Å²) >= 11 is 0. The quantitative estimate of drug-likeness (QED) is 0.0305. The number of aryl methyl sites for hydroxylation is 2. The van der Waals surface area contributed by atoms with Gasteiger partial charge in [-0.05, 0) is 134 Å². The summed E-state index contributed by atoms with van der Waals surface area (Å²) in [6, 6.07) is 22.1. The van der Waals surface area contributed by atoms with Crippen LogP contribution in [-0.4, -0.2) is 88.8 Å². The number of sulfonamides is 2. The summed E-state index contributed by atoms with van der Waals surface area (Å²) in [5, 5.41) is 32.7. The first-order valence-electron chi connectivity index (χ1n) is 20.3. The summed E-state index contributed by atoms with van der Waals surface area (Å²) < 4.78 is 189. The van der Waals surface area contributed by atoms with Gasteiger partial charge < -0.3 is 15.7 Å². The van der Waals surface area contributed by atoms with Crippen molar-refractivity contribution >= 4 is 118 Å². The molecule has 7 rings (SSSR count). The number of aromatic nitrogens is 3. The summed E-state index contributed by atoms with van der Waals surface area (Å²) in [7, 11) is -29.3. The first-order chi connectivity index (χ1) is 34.8. The molecule has 75 heavy (non-hydrogen) atoms. The van der Waals surface area contributed by atoms with Crippen molar-refractivity contribution < 1.29 is 73.8 Å². The van der Waals surface area contributed by atoms with Crippen molar-refractivity contribution in [1.82, 2.24) is 15.0 Å². The summed E-state index contributed by atoms with van der Waals surface area (Å²) in [5.74, 6) is -0.183. The van der Waals surface area contributed by atoms with Gasteiger partial charge in [0.15, 0.2) is 0 Å². The van der Waals surface area contributed by atoms with E-state index in [2.05, 4.69) is 46.0 Å². The number of rotatable bonds is 18. The molecule has 0 atom stereocenters. The number of hydrogen-bond donors (Lipinski definition) is 9. The van der Waals surface area contributed by atoms with Gasteiger partial charge in [-0.15, -0.1) is 0 Å². The maximum absolute atomic E-state index is 13.3. The van der Waals surface area contributed by atoms with E-state index in [0.717, 1.165) is 24.3 Å². The summed E-state index contributed by atoms with van der Waals surface area (Å²) in [6.07, 6.45) is 0. The Balaban J connectivity index is 1.01. The van der Waals surface area contributed by atoms with Crippen molar-refractivity contribution in [2.75, 3.05) is 20.1 Å². The maximum atomic E-state index is 13.3. The number of anilines is 6. The van der Waals surface area contributed by atoms with Gasteiger partial charge in [-0.25, -0.2) is 16.8 Å². The van der Waals surface area contributed by atoms with E-state index in [1.54, 1.807) is 50.2 Å². The van der Waals surface area contributed by atoms with Crippen LogP contribution in [0.3, 0.4) is 0 Å². The van der Waals surface area contributed by atoms with E-state index in [1.165, 1.54) is 24.3 Å². The first kappa shape index (κ1) is 54.8. The fourth-order valence-corrected chi connectivity index (χ4v) is 11.0. The lowest BCUT2D eigenvalue weighted by molar-refractivity contribution is 0.430. The van der Waals surface area contributed by atoms with Crippen LogP contribution in [0.5, 0.6) is 6.01 Å². The van der Waals surface area contributed by atoms with Crippen molar-refractivity contribution in [3.05, 3.63) is 132 Å². The molecule has 7 aromatic rings. The van der Waals surface area contributed by atoms with Crippen LogP contribution in [0.1, 0.15) is 11.1 Å². The molecule has 34 heteroatoms. The summed E-state index contributed by atoms with van der Waals surface area (Å²) in [4.78, 5) is 7.48. The normalized spacial score (nSPS) is 12.7. The molecule has 28 nitrogen and oxygen atoms in total. The average Bonchev–Trinajstić information content (AvgIpc) is 3.29.